The lowest BCUT2D eigenvalue weighted by Gasteiger charge is -2.30. The van der Waals surface area contributed by atoms with Crippen molar-refractivity contribution in [3.05, 3.63) is 148 Å². The van der Waals surface area contributed by atoms with Crippen LogP contribution >= 0.6 is 0 Å². The quantitative estimate of drug-likeness (QED) is 0.0154. The van der Waals surface area contributed by atoms with Gasteiger partial charge in [-0.15, -0.1) is 0 Å². The van der Waals surface area contributed by atoms with E-state index in [0.717, 1.165) is 48.8 Å². The zero-order valence-electron chi connectivity index (χ0n) is 71.1. The fourth-order valence-electron chi connectivity index (χ4n) is 21.2. The number of unbranched alkanes of at least 4 members (excludes halogenated alkanes) is 45. The average Bonchev–Trinajstić information content (AvgIpc) is 0.642. The van der Waals surface area contributed by atoms with Gasteiger partial charge in [0.1, 0.15) is 0 Å². The standard InChI is InChI=1S/C112H141/c1-7-13-18-23-28-33-38-43-48-53-58-83-69-89-91-71-84(59-54-49-44-39-34-29-24-19-14-8-2)73-93-95-75-86(61-56-51-46-41-36-31-26-21-16-10-4)77-97-99-79-88(68-67-82-65-63-81(12-6)64-66-82)80-100-98-78-87(62-57-52-47-42-37-32-27-22-17-11-5)76-96-94-74-85(60-55-50-45-40-35-30-25-20-15-9-3)72-92-90(70-83)101(89)107-108(102(91)93)110(104(95)97)112(106(99)100)111(105(96)98)109(107)103(92)94/h63-66,69-80H,7-11,13-62H2,1-5H3. The second kappa shape index (κ2) is 41.4. The van der Waals surface area contributed by atoms with E-state index < -0.39 is 0 Å². The molecule has 0 saturated carbocycles. The highest BCUT2D eigenvalue weighted by molar-refractivity contribution is 6.61. The minimum absolute atomic E-state index is 0.785. The van der Waals surface area contributed by atoms with Gasteiger partial charge >= 0.3 is 0 Å². The van der Waals surface area contributed by atoms with Crippen molar-refractivity contribution >= 4 is 129 Å². The third-order valence-electron chi connectivity index (χ3n) is 27.3. The molecule has 0 spiro atoms. The molecule has 0 aliphatic carbocycles. The Hall–Kier alpha value is -7.12. The normalized spacial score (nSPS) is 12.4. The Morgan fingerprint density at radius 2 is 0.321 bits per heavy atom. The Balaban J connectivity index is 0.997. The highest BCUT2D eigenvalue weighted by Gasteiger charge is 2.33. The smallest absolute Gasteiger partial charge is 0.0261 e. The first-order valence-corrected chi connectivity index (χ1v) is 47.8. The summed E-state index contributed by atoms with van der Waals surface area (Å²) in [5.74, 6) is 10.2. The van der Waals surface area contributed by atoms with E-state index in [1.165, 1.54) is 451 Å². The molecule has 0 aromatic heterocycles. The molecular weight excluding hydrogens is 1350 g/mol. The fraction of sp³-hybridized carbons (Fsp3) is 0.536. The van der Waals surface area contributed by atoms with Gasteiger partial charge in [-0.25, -0.2) is 0 Å². The number of benzene rings is 14. The highest BCUT2D eigenvalue weighted by Crippen LogP contribution is 2.61. The number of hydrogen-bond donors (Lipinski definition) is 0. The average molecular weight is 1490 g/mol. The number of fused-ring (bicyclic) bond motifs is 6. The largest absolute Gasteiger partial charge is 0.0654 e. The molecule has 0 aliphatic heterocycles. The molecule has 0 unspecified atom stereocenters. The zero-order chi connectivity index (χ0) is 76.8. The summed E-state index contributed by atoms with van der Waals surface area (Å²) in [4.78, 5) is 0. The summed E-state index contributed by atoms with van der Waals surface area (Å²) in [6.07, 6.45) is 81.2. The lowest BCUT2D eigenvalue weighted by molar-refractivity contribution is 0.556. The number of rotatable bonds is 55. The second-order valence-corrected chi connectivity index (χ2v) is 36.1. The molecule has 0 N–H and O–H groups in total. The summed E-state index contributed by atoms with van der Waals surface area (Å²) in [7, 11) is 0. The van der Waals surface area contributed by atoms with E-state index in [-0.39, 0.29) is 0 Å². The molecular formula is C112H141. The number of aryl methyl sites for hydroxylation is 5. The van der Waals surface area contributed by atoms with Crippen molar-refractivity contribution in [3.8, 4) is 17.8 Å². The van der Waals surface area contributed by atoms with E-state index in [1.54, 1.807) is 27.1 Å². The molecule has 112 heavy (non-hydrogen) atoms. The molecule has 0 heterocycles. The Labute approximate surface area is 678 Å². The molecule has 0 fully saturated rings. The molecule has 0 atom stereocenters. The maximum atomic E-state index is 7.93. The van der Waals surface area contributed by atoms with Crippen LogP contribution in [0.25, 0.3) is 129 Å². The van der Waals surface area contributed by atoms with Crippen LogP contribution in [0.3, 0.4) is 0 Å². The van der Waals surface area contributed by atoms with Crippen LogP contribution in [-0.2, 0) is 32.1 Å². The summed E-state index contributed by atoms with van der Waals surface area (Å²) < 4.78 is 0. The minimum Gasteiger partial charge on any atom is -0.0654 e. The van der Waals surface area contributed by atoms with Crippen molar-refractivity contribution < 1.29 is 0 Å². The van der Waals surface area contributed by atoms with Crippen LogP contribution in [0.4, 0.5) is 0 Å². The molecule has 14 rings (SSSR count). The molecule has 0 heteroatoms. The van der Waals surface area contributed by atoms with Crippen LogP contribution in [0.1, 0.15) is 400 Å². The summed E-state index contributed by atoms with van der Waals surface area (Å²) in [6, 6.07) is 40.9. The first-order chi connectivity index (χ1) is 55.4. The molecule has 589 valence electrons. The molecule has 0 saturated heterocycles. The van der Waals surface area contributed by atoms with Gasteiger partial charge in [0.15, 0.2) is 0 Å². The summed E-state index contributed by atoms with van der Waals surface area (Å²) in [5, 5.41) is 35.9. The summed E-state index contributed by atoms with van der Waals surface area (Å²) >= 11 is 0. The van der Waals surface area contributed by atoms with E-state index in [1.807, 2.05) is 12.1 Å². The van der Waals surface area contributed by atoms with Gasteiger partial charge in [-0.05, 0) is 264 Å². The number of hydrogen-bond acceptors (Lipinski definition) is 0. The Bertz CT molecular complexity index is 5020. The van der Waals surface area contributed by atoms with E-state index >= 15 is 0 Å². The van der Waals surface area contributed by atoms with E-state index in [0.29, 0.717) is 0 Å². The monoisotopic (exact) mass is 1490 g/mol. The maximum Gasteiger partial charge on any atom is 0.0261 e. The van der Waals surface area contributed by atoms with E-state index in [4.69, 9.17) is 6.42 Å². The molecule has 0 bridgehead atoms. The summed E-state index contributed by atoms with van der Waals surface area (Å²) in [6.45, 7) is 11.7. The zero-order valence-corrected chi connectivity index (χ0v) is 71.1. The Morgan fingerprint density at radius 3 is 0.500 bits per heavy atom. The predicted molar refractivity (Wildman–Crippen MR) is 500 cm³/mol. The van der Waals surface area contributed by atoms with Gasteiger partial charge in [0.05, 0.1) is 0 Å². The summed E-state index contributed by atoms with van der Waals surface area (Å²) in [5.41, 5.74) is 10.5. The van der Waals surface area contributed by atoms with Gasteiger partial charge in [0, 0.05) is 16.7 Å². The van der Waals surface area contributed by atoms with E-state index in [9.17, 15) is 0 Å². The van der Waals surface area contributed by atoms with Crippen molar-refractivity contribution in [2.75, 3.05) is 0 Å². The van der Waals surface area contributed by atoms with Gasteiger partial charge in [0.25, 0.3) is 0 Å². The lowest BCUT2D eigenvalue weighted by atomic mass is 9.72. The van der Waals surface area contributed by atoms with Crippen molar-refractivity contribution in [3.63, 3.8) is 0 Å². The first-order valence-electron chi connectivity index (χ1n) is 47.8. The molecule has 0 amide bonds. The second-order valence-electron chi connectivity index (χ2n) is 36.1. The molecule has 14 aromatic carbocycles. The van der Waals surface area contributed by atoms with Crippen molar-refractivity contribution in [2.45, 2.75) is 388 Å². The topological polar surface area (TPSA) is 0 Å². The SMILES string of the molecule is [C]#Cc1ccc(C#Cc2cc3c4cc(CCCCCCCCCCCC)cc5c6cc(CCCCCCCCCCCC)cc7c8cc(CCCCCCCCCCCC)cc9c%10cc(CCCCCCCCCCCC)cc%11c%12cc(CCCCCCCCCCCC)cc%13c(c2)c3c2c(c45)c(c67)c(c89)c(c%11%10)c2c%13%12)cc1. The van der Waals surface area contributed by atoms with Gasteiger partial charge in [-0.1, -0.05) is 402 Å². The molecule has 14 aromatic rings. The van der Waals surface area contributed by atoms with Crippen LogP contribution in [0.5, 0.6) is 0 Å². The molecule has 0 nitrogen and oxygen atoms in total. The van der Waals surface area contributed by atoms with Crippen LogP contribution in [0.2, 0.25) is 0 Å². The van der Waals surface area contributed by atoms with Gasteiger partial charge in [0.2, 0.25) is 0 Å². The third kappa shape index (κ3) is 18.9. The van der Waals surface area contributed by atoms with Gasteiger partial charge < -0.3 is 0 Å². The van der Waals surface area contributed by atoms with Crippen molar-refractivity contribution in [1.29, 1.82) is 0 Å². The first kappa shape index (κ1) is 81.4. The van der Waals surface area contributed by atoms with Crippen LogP contribution < -0.4 is 0 Å². The highest BCUT2D eigenvalue weighted by atomic mass is 14.4. The lowest BCUT2D eigenvalue weighted by Crippen LogP contribution is -2.03. The fourth-order valence-corrected chi connectivity index (χ4v) is 21.2. The predicted octanol–water partition coefficient (Wildman–Crippen LogP) is 35.8. The Morgan fingerprint density at radius 1 is 0.170 bits per heavy atom. The van der Waals surface area contributed by atoms with Crippen LogP contribution in [0, 0.1) is 24.2 Å². The maximum absolute atomic E-state index is 7.93. The Kier molecular flexibility index (Phi) is 30.1. The van der Waals surface area contributed by atoms with Crippen LogP contribution in [0.15, 0.2) is 97.1 Å². The third-order valence-corrected chi connectivity index (χ3v) is 27.3. The molecule has 0 aliphatic rings. The van der Waals surface area contributed by atoms with Crippen LogP contribution in [-0.4, -0.2) is 0 Å². The van der Waals surface area contributed by atoms with Gasteiger partial charge in [-0.3, -0.25) is 0 Å². The molecule has 1 radical (unpaired) electrons. The van der Waals surface area contributed by atoms with Crippen molar-refractivity contribution in [1.82, 2.24) is 0 Å². The van der Waals surface area contributed by atoms with Crippen molar-refractivity contribution in [2.24, 2.45) is 0 Å². The van der Waals surface area contributed by atoms with Gasteiger partial charge in [-0.2, -0.15) is 0 Å². The van der Waals surface area contributed by atoms with E-state index in [2.05, 4.69) is 137 Å². The minimum atomic E-state index is 0.785.